The summed E-state index contributed by atoms with van der Waals surface area (Å²) in [6.45, 7) is 2.17. The van der Waals surface area contributed by atoms with Gasteiger partial charge in [0.2, 0.25) is 5.82 Å². The van der Waals surface area contributed by atoms with Crippen LogP contribution in [0.3, 0.4) is 0 Å². The quantitative estimate of drug-likeness (QED) is 0.544. The van der Waals surface area contributed by atoms with Crippen molar-refractivity contribution in [1.29, 1.82) is 0 Å². The largest absolute Gasteiger partial charge is 0.471 e. The highest BCUT2D eigenvalue weighted by molar-refractivity contribution is 5.96. The molecule has 1 saturated carbocycles. The van der Waals surface area contributed by atoms with Crippen LogP contribution in [0.2, 0.25) is 0 Å². The Kier molecular flexibility index (Phi) is 4.96. The number of benzene rings is 1. The third-order valence-electron chi connectivity index (χ3n) is 6.17. The minimum atomic E-state index is -4.80. The maximum atomic E-state index is 14.4. The second kappa shape index (κ2) is 7.19. The van der Waals surface area contributed by atoms with Gasteiger partial charge in [0.1, 0.15) is 5.82 Å². The van der Waals surface area contributed by atoms with E-state index in [1.54, 1.807) is 0 Å². The van der Waals surface area contributed by atoms with Crippen LogP contribution >= 0.6 is 0 Å². The monoisotopic (exact) mass is 411 g/mol. The van der Waals surface area contributed by atoms with Gasteiger partial charge < -0.3 is 9.42 Å². The SMILES string of the molecule is CN1CCC2(CC1)CC(CC(=O)c1ccc(-c3noc(C(F)(F)F)n3)c(F)c1)C2. The molecule has 4 rings (SSSR count). The number of halogens is 4. The summed E-state index contributed by atoms with van der Waals surface area (Å²) in [7, 11) is 2.11. The Labute approximate surface area is 165 Å². The number of likely N-dealkylation sites (tertiary alicyclic amines) is 1. The average molecular weight is 411 g/mol. The molecule has 0 atom stereocenters. The van der Waals surface area contributed by atoms with Crippen LogP contribution in [-0.2, 0) is 6.18 Å². The Morgan fingerprint density at radius 3 is 2.55 bits per heavy atom. The molecule has 9 heteroatoms. The molecule has 2 fully saturated rings. The van der Waals surface area contributed by atoms with Crippen molar-refractivity contribution >= 4 is 5.78 Å². The lowest BCUT2D eigenvalue weighted by Crippen LogP contribution is -2.46. The molecule has 1 aromatic heterocycles. The molecule has 156 valence electrons. The maximum Gasteiger partial charge on any atom is 0.471 e. The second-order valence-electron chi connectivity index (χ2n) is 8.32. The van der Waals surface area contributed by atoms with Gasteiger partial charge in [-0.15, -0.1) is 0 Å². The molecule has 1 saturated heterocycles. The minimum Gasteiger partial charge on any atom is -0.329 e. The third-order valence-corrected chi connectivity index (χ3v) is 6.17. The number of hydrogen-bond acceptors (Lipinski definition) is 5. The Morgan fingerprint density at radius 1 is 1.28 bits per heavy atom. The number of aromatic nitrogens is 2. The Hall–Kier alpha value is -2.29. The highest BCUT2D eigenvalue weighted by atomic mass is 19.4. The van der Waals surface area contributed by atoms with Crippen LogP contribution in [-0.4, -0.2) is 41.0 Å². The number of carbonyl (C=O) groups is 1. The number of Topliss-reactive ketones (excluding diaryl/α,β-unsaturated/α-hetero) is 1. The molecule has 5 nitrogen and oxygen atoms in total. The van der Waals surface area contributed by atoms with Crippen LogP contribution in [0.25, 0.3) is 11.4 Å². The first-order valence-corrected chi connectivity index (χ1v) is 9.58. The molecule has 1 spiro atoms. The van der Waals surface area contributed by atoms with E-state index in [0.717, 1.165) is 44.8 Å². The lowest BCUT2D eigenvalue weighted by Gasteiger charge is -2.52. The molecule has 2 aliphatic rings. The van der Waals surface area contributed by atoms with Gasteiger partial charge >= 0.3 is 12.1 Å². The molecule has 1 aliphatic carbocycles. The van der Waals surface area contributed by atoms with Crippen LogP contribution in [0, 0.1) is 17.2 Å². The van der Waals surface area contributed by atoms with Gasteiger partial charge in [0, 0.05) is 12.0 Å². The highest BCUT2D eigenvalue weighted by Crippen LogP contribution is 2.53. The van der Waals surface area contributed by atoms with Crippen molar-refractivity contribution in [2.45, 2.75) is 38.3 Å². The Morgan fingerprint density at radius 2 is 1.97 bits per heavy atom. The van der Waals surface area contributed by atoms with E-state index in [0.29, 0.717) is 17.8 Å². The van der Waals surface area contributed by atoms with Crippen molar-refractivity contribution in [3.05, 3.63) is 35.5 Å². The first-order valence-electron chi connectivity index (χ1n) is 9.58. The first kappa shape index (κ1) is 20.0. The van der Waals surface area contributed by atoms with E-state index in [1.165, 1.54) is 12.1 Å². The van der Waals surface area contributed by atoms with Crippen LogP contribution in [0.4, 0.5) is 17.6 Å². The fourth-order valence-corrected chi connectivity index (χ4v) is 4.51. The summed E-state index contributed by atoms with van der Waals surface area (Å²) < 4.78 is 56.2. The van der Waals surface area contributed by atoms with Gasteiger partial charge in [0.15, 0.2) is 5.78 Å². The van der Waals surface area contributed by atoms with Crippen LogP contribution in [0.1, 0.15) is 48.4 Å². The lowest BCUT2D eigenvalue weighted by molar-refractivity contribution is -0.159. The molecular formula is C20H21F4N3O2. The normalized spacial score (nSPS) is 20.0. The number of alkyl halides is 3. The molecule has 0 radical (unpaired) electrons. The predicted octanol–water partition coefficient (Wildman–Crippen LogP) is 4.59. The van der Waals surface area contributed by atoms with Crippen LogP contribution in [0.5, 0.6) is 0 Å². The highest BCUT2D eigenvalue weighted by Gasteiger charge is 2.45. The van der Waals surface area contributed by atoms with Gasteiger partial charge in [0.05, 0.1) is 5.56 Å². The van der Waals surface area contributed by atoms with E-state index in [4.69, 9.17) is 0 Å². The van der Waals surface area contributed by atoms with Crippen molar-refractivity contribution in [1.82, 2.24) is 15.0 Å². The van der Waals surface area contributed by atoms with Gasteiger partial charge in [-0.05, 0) is 69.3 Å². The van der Waals surface area contributed by atoms with Crippen molar-refractivity contribution in [2.75, 3.05) is 20.1 Å². The fraction of sp³-hybridized carbons (Fsp3) is 0.550. The lowest BCUT2D eigenvalue weighted by atomic mass is 9.56. The topological polar surface area (TPSA) is 59.2 Å². The fourth-order valence-electron chi connectivity index (χ4n) is 4.51. The van der Waals surface area contributed by atoms with E-state index in [9.17, 15) is 22.4 Å². The number of nitrogens with zero attached hydrogens (tertiary/aromatic N) is 3. The Bertz CT molecular complexity index is 909. The number of hydrogen-bond donors (Lipinski definition) is 0. The van der Waals surface area contributed by atoms with E-state index in [1.807, 2.05) is 0 Å². The summed E-state index contributed by atoms with van der Waals surface area (Å²) in [5.41, 5.74) is 0.325. The molecule has 0 bridgehead atoms. The zero-order chi connectivity index (χ0) is 20.8. The zero-order valence-corrected chi connectivity index (χ0v) is 15.9. The van der Waals surface area contributed by atoms with Gasteiger partial charge in [-0.2, -0.15) is 18.2 Å². The molecule has 29 heavy (non-hydrogen) atoms. The predicted molar refractivity (Wildman–Crippen MR) is 95.5 cm³/mol. The van der Waals surface area contributed by atoms with E-state index < -0.39 is 23.7 Å². The smallest absolute Gasteiger partial charge is 0.329 e. The molecule has 0 N–H and O–H groups in total. The molecule has 2 aromatic rings. The van der Waals surface area contributed by atoms with Crippen molar-refractivity contribution < 1.29 is 26.9 Å². The van der Waals surface area contributed by atoms with Gasteiger partial charge in [-0.3, -0.25) is 4.79 Å². The van der Waals surface area contributed by atoms with Gasteiger partial charge in [0.25, 0.3) is 0 Å². The summed E-state index contributed by atoms with van der Waals surface area (Å²) >= 11 is 0. The first-order chi connectivity index (χ1) is 13.7. The summed E-state index contributed by atoms with van der Waals surface area (Å²) in [4.78, 5) is 18.0. The molecular weight excluding hydrogens is 390 g/mol. The van der Waals surface area contributed by atoms with Gasteiger partial charge in [-0.1, -0.05) is 11.2 Å². The van der Waals surface area contributed by atoms with Crippen molar-refractivity contribution in [2.24, 2.45) is 11.3 Å². The van der Waals surface area contributed by atoms with Gasteiger partial charge in [-0.25, -0.2) is 4.39 Å². The van der Waals surface area contributed by atoms with Crippen LogP contribution in [0.15, 0.2) is 22.7 Å². The average Bonchev–Trinajstić information content (AvgIpc) is 3.12. The second-order valence-corrected chi connectivity index (χ2v) is 8.32. The van der Waals surface area contributed by atoms with Crippen LogP contribution < -0.4 is 0 Å². The van der Waals surface area contributed by atoms with E-state index >= 15 is 0 Å². The number of carbonyl (C=O) groups excluding carboxylic acids is 1. The molecule has 0 amide bonds. The number of piperidine rings is 1. The van der Waals surface area contributed by atoms with E-state index in [-0.39, 0.29) is 16.9 Å². The maximum absolute atomic E-state index is 14.4. The third kappa shape index (κ3) is 4.05. The molecule has 1 aromatic carbocycles. The minimum absolute atomic E-state index is 0.160. The zero-order valence-electron chi connectivity index (χ0n) is 15.9. The summed E-state index contributed by atoms with van der Waals surface area (Å²) in [6, 6.07) is 3.65. The van der Waals surface area contributed by atoms with Crippen molar-refractivity contribution in [3.63, 3.8) is 0 Å². The molecule has 1 aliphatic heterocycles. The van der Waals surface area contributed by atoms with Crippen molar-refractivity contribution in [3.8, 4) is 11.4 Å². The summed E-state index contributed by atoms with van der Waals surface area (Å²) in [6.07, 6.45) is -0.0843. The number of ketones is 1. The summed E-state index contributed by atoms with van der Waals surface area (Å²) in [5.74, 6) is -2.75. The van der Waals surface area contributed by atoms with E-state index in [2.05, 4.69) is 26.6 Å². The number of rotatable bonds is 4. The molecule has 2 heterocycles. The molecule has 0 unspecified atom stereocenters. The Balaban J connectivity index is 1.39. The summed E-state index contributed by atoms with van der Waals surface area (Å²) in [5, 5.41) is 3.18. The standard InChI is InChI=1S/C20H21F4N3O2/c1-27-6-4-19(5-7-27)10-12(11-19)8-16(28)13-2-3-14(15(21)9-13)17-25-18(29-26-17)20(22,23)24/h2-3,9,12H,4-8,10-11H2,1H3.